The highest BCUT2D eigenvalue weighted by molar-refractivity contribution is 7.18. The van der Waals surface area contributed by atoms with E-state index in [-0.39, 0.29) is 0 Å². The second-order valence-electron chi connectivity index (χ2n) is 6.00. The van der Waals surface area contributed by atoms with Crippen molar-refractivity contribution in [2.75, 3.05) is 0 Å². The Morgan fingerprint density at radius 3 is 2.70 bits per heavy atom. The van der Waals surface area contributed by atoms with Gasteiger partial charge in [-0.15, -0.1) is 11.3 Å². The van der Waals surface area contributed by atoms with Crippen LogP contribution in [0.3, 0.4) is 0 Å². The summed E-state index contributed by atoms with van der Waals surface area (Å²) in [5.74, 6) is 0.854. The van der Waals surface area contributed by atoms with Crippen molar-refractivity contribution >= 4 is 21.6 Å². The normalized spacial score (nSPS) is 19.1. The topological polar surface area (TPSA) is 24.9 Å². The fourth-order valence-corrected chi connectivity index (χ4v) is 4.14. The Morgan fingerprint density at radius 1 is 1.20 bits per heavy atom. The quantitative estimate of drug-likeness (QED) is 0.822. The van der Waals surface area contributed by atoms with E-state index in [2.05, 4.69) is 36.5 Å². The summed E-state index contributed by atoms with van der Waals surface area (Å²) < 4.78 is 1.30. The molecule has 1 atom stereocenters. The minimum Gasteiger partial charge on any atom is -0.308 e. The number of para-hydroxylation sites is 1. The van der Waals surface area contributed by atoms with E-state index in [4.69, 9.17) is 4.98 Å². The number of hydrogen-bond acceptors (Lipinski definition) is 3. The van der Waals surface area contributed by atoms with Crippen LogP contribution < -0.4 is 5.32 Å². The number of rotatable bonds is 4. The molecule has 1 aromatic carbocycles. The van der Waals surface area contributed by atoms with Crippen LogP contribution in [-0.2, 0) is 6.54 Å². The maximum atomic E-state index is 4.70. The predicted molar refractivity (Wildman–Crippen MR) is 87.1 cm³/mol. The van der Waals surface area contributed by atoms with E-state index in [1.165, 1.54) is 48.2 Å². The van der Waals surface area contributed by atoms with E-state index in [1.54, 1.807) is 0 Å². The molecule has 1 aromatic heterocycles. The molecule has 0 aliphatic heterocycles. The van der Waals surface area contributed by atoms with E-state index in [1.807, 2.05) is 11.3 Å². The van der Waals surface area contributed by atoms with Gasteiger partial charge >= 0.3 is 0 Å². The van der Waals surface area contributed by atoms with Crippen molar-refractivity contribution in [3.05, 3.63) is 29.3 Å². The summed E-state index contributed by atoms with van der Waals surface area (Å²) in [5.41, 5.74) is 1.14. The standard InChI is InChI=1S/C17H24N2S/c1-13(14-8-4-2-3-5-9-14)18-12-17-19-15-10-6-7-11-16(15)20-17/h6-7,10-11,13-14,18H,2-5,8-9,12H2,1H3/t13-/m1/s1. The van der Waals surface area contributed by atoms with Crippen molar-refractivity contribution in [1.82, 2.24) is 10.3 Å². The molecule has 1 saturated carbocycles. The average Bonchev–Trinajstić information content (AvgIpc) is 2.69. The molecule has 0 amide bonds. The third-order valence-corrected chi connectivity index (χ3v) is 5.56. The number of thiazole rings is 1. The third-order valence-electron chi connectivity index (χ3n) is 4.52. The van der Waals surface area contributed by atoms with Crippen LogP contribution in [0.5, 0.6) is 0 Å². The monoisotopic (exact) mass is 288 g/mol. The molecule has 0 unspecified atom stereocenters. The van der Waals surface area contributed by atoms with Gasteiger partial charge in [-0.3, -0.25) is 0 Å². The Morgan fingerprint density at radius 2 is 1.95 bits per heavy atom. The summed E-state index contributed by atoms with van der Waals surface area (Å²) in [7, 11) is 0. The molecule has 1 heterocycles. The van der Waals surface area contributed by atoms with E-state index < -0.39 is 0 Å². The van der Waals surface area contributed by atoms with Crippen molar-refractivity contribution in [3.63, 3.8) is 0 Å². The fraction of sp³-hybridized carbons (Fsp3) is 0.588. The maximum absolute atomic E-state index is 4.70. The lowest BCUT2D eigenvalue weighted by molar-refractivity contribution is 0.336. The average molecular weight is 288 g/mol. The van der Waals surface area contributed by atoms with Crippen molar-refractivity contribution in [2.45, 2.75) is 58.0 Å². The summed E-state index contributed by atoms with van der Waals surface area (Å²) >= 11 is 1.82. The van der Waals surface area contributed by atoms with Gasteiger partial charge in [0.05, 0.1) is 10.2 Å². The van der Waals surface area contributed by atoms with Gasteiger partial charge in [-0.2, -0.15) is 0 Å². The van der Waals surface area contributed by atoms with Gasteiger partial charge in [0.25, 0.3) is 0 Å². The molecule has 2 aromatic rings. The van der Waals surface area contributed by atoms with Crippen LogP contribution >= 0.6 is 11.3 Å². The van der Waals surface area contributed by atoms with Crippen LogP contribution in [0.25, 0.3) is 10.2 Å². The van der Waals surface area contributed by atoms with Gasteiger partial charge in [0.1, 0.15) is 5.01 Å². The Hall–Kier alpha value is -0.930. The largest absolute Gasteiger partial charge is 0.308 e. The summed E-state index contributed by atoms with van der Waals surface area (Å²) in [6, 6.07) is 9.02. The second-order valence-corrected chi connectivity index (χ2v) is 7.11. The van der Waals surface area contributed by atoms with E-state index in [0.29, 0.717) is 6.04 Å². The van der Waals surface area contributed by atoms with Gasteiger partial charge in [0, 0.05) is 12.6 Å². The first-order valence-corrected chi connectivity index (χ1v) is 8.72. The third kappa shape index (κ3) is 3.39. The minimum absolute atomic E-state index is 0.611. The molecule has 2 nitrogen and oxygen atoms in total. The van der Waals surface area contributed by atoms with Gasteiger partial charge in [-0.1, -0.05) is 37.8 Å². The van der Waals surface area contributed by atoms with Crippen LogP contribution in [0.1, 0.15) is 50.5 Å². The SMILES string of the molecule is C[C@@H](NCc1nc2ccccc2s1)C1CCCCCC1. The molecule has 1 N–H and O–H groups in total. The smallest absolute Gasteiger partial charge is 0.108 e. The Balaban J connectivity index is 1.57. The number of nitrogens with one attached hydrogen (secondary N) is 1. The summed E-state index contributed by atoms with van der Waals surface area (Å²) in [6.45, 7) is 3.26. The molecule has 1 aliphatic rings. The molecule has 20 heavy (non-hydrogen) atoms. The lowest BCUT2D eigenvalue weighted by Crippen LogP contribution is -2.32. The number of fused-ring (bicyclic) bond motifs is 1. The van der Waals surface area contributed by atoms with Crippen molar-refractivity contribution < 1.29 is 0 Å². The molecule has 0 saturated heterocycles. The molecular weight excluding hydrogens is 264 g/mol. The number of hydrogen-bond donors (Lipinski definition) is 1. The first kappa shape index (κ1) is 14.0. The van der Waals surface area contributed by atoms with Crippen LogP contribution in [0, 0.1) is 5.92 Å². The summed E-state index contributed by atoms with van der Waals surface area (Å²) in [4.78, 5) is 4.70. The molecule has 108 valence electrons. The van der Waals surface area contributed by atoms with Gasteiger partial charge in [-0.05, 0) is 37.8 Å². The van der Waals surface area contributed by atoms with Gasteiger partial charge < -0.3 is 5.32 Å². The maximum Gasteiger partial charge on any atom is 0.108 e. The van der Waals surface area contributed by atoms with Crippen LogP contribution in [0.4, 0.5) is 0 Å². The van der Waals surface area contributed by atoms with Gasteiger partial charge in [-0.25, -0.2) is 4.98 Å². The fourth-order valence-electron chi connectivity index (χ4n) is 3.22. The van der Waals surface area contributed by atoms with Crippen molar-refractivity contribution in [1.29, 1.82) is 0 Å². The van der Waals surface area contributed by atoms with Gasteiger partial charge in [0.15, 0.2) is 0 Å². The zero-order valence-electron chi connectivity index (χ0n) is 12.3. The number of benzene rings is 1. The van der Waals surface area contributed by atoms with Crippen LogP contribution in [-0.4, -0.2) is 11.0 Å². The zero-order chi connectivity index (χ0) is 13.8. The Kier molecular flexibility index (Phi) is 4.69. The van der Waals surface area contributed by atoms with E-state index >= 15 is 0 Å². The van der Waals surface area contributed by atoms with Crippen molar-refractivity contribution in [3.8, 4) is 0 Å². The predicted octanol–water partition coefficient (Wildman–Crippen LogP) is 4.74. The highest BCUT2D eigenvalue weighted by atomic mass is 32.1. The minimum atomic E-state index is 0.611. The second kappa shape index (κ2) is 6.68. The Labute approximate surface area is 125 Å². The molecule has 0 radical (unpaired) electrons. The highest BCUT2D eigenvalue weighted by Gasteiger charge is 2.18. The molecule has 1 aliphatic carbocycles. The molecule has 3 rings (SSSR count). The highest BCUT2D eigenvalue weighted by Crippen LogP contribution is 2.26. The number of aromatic nitrogens is 1. The number of nitrogens with zero attached hydrogens (tertiary/aromatic N) is 1. The Bertz CT molecular complexity index is 508. The molecule has 0 spiro atoms. The summed E-state index contributed by atoms with van der Waals surface area (Å²) in [6.07, 6.45) is 8.49. The zero-order valence-corrected chi connectivity index (χ0v) is 13.1. The summed E-state index contributed by atoms with van der Waals surface area (Å²) in [5, 5.41) is 4.92. The van der Waals surface area contributed by atoms with Gasteiger partial charge in [0.2, 0.25) is 0 Å². The first-order valence-electron chi connectivity index (χ1n) is 7.91. The first-order chi connectivity index (χ1) is 9.83. The van der Waals surface area contributed by atoms with Crippen molar-refractivity contribution in [2.24, 2.45) is 5.92 Å². The van der Waals surface area contributed by atoms with Crippen LogP contribution in [0.15, 0.2) is 24.3 Å². The molecular formula is C17H24N2S. The lowest BCUT2D eigenvalue weighted by Gasteiger charge is -2.23. The van der Waals surface area contributed by atoms with E-state index in [9.17, 15) is 0 Å². The van der Waals surface area contributed by atoms with Crippen LogP contribution in [0.2, 0.25) is 0 Å². The molecule has 0 bridgehead atoms. The molecule has 1 fully saturated rings. The van der Waals surface area contributed by atoms with E-state index in [0.717, 1.165) is 18.0 Å². The molecule has 3 heteroatoms. The lowest BCUT2D eigenvalue weighted by atomic mass is 9.93.